The number of aryl methyl sites for hydroxylation is 1. The highest BCUT2D eigenvalue weighted by Crippen LogP contribution is 2.38. The molecule has 0 radical (unpaired) electrons. The van der Waals surface area contributed by atoms with Gasteiger partial charge in [-0.25, -0.2) is 0 Å². The Bertz CT molecular complexity index is 990. The lowest BCUT2D eigenvalue weighted by Crippen LogP contribution is -2.01. The Balaban J connectivity index is 2.25. The average Bonchev–Trinajstić information content (AvgIpc) is 3.00. The fourth-order valence-corrected chi connectivity index (χ4v) is 3.29. The van der Waals surface area contributed by atoms with Crippen LogP contribution < -0.4 is 14.2 Å². The van der Waals surface area contributed by atoms with Gasteiger partial charge in [0.25, 0.3) is 0 Å². The minimum Gasteiger partial charge on any atom is -0.497 e. The molecule has 0 saturated carbocycles. The lowest BCUT2D eigenvalue weighted by Gasteiger charge is -2.11. The molecule has 142 valence electrons. The van der Waals surface area contributed by atoms with Crippen LogP contribution in [-0.2, 0) is 11.2 Å². The van der Waals surface area contributed by atoms with Crippen molar-refractivity contribution in [2.24, 2.45) is 0 Å². The molecular weight excluding hydrogens is 346 g/mol. The minimum absolute atomic E-state index is 0.0993. The first-order valence-corrected chi connectivity index (χ1v) is 8.70. The molecule has 1 heterocycles. The van der Waals surface area contributed by atoms with Crippen molar-refractivity contribution >= 4 is 16.9 Å². The molecule has 0 atom stereocenters. The van der Waals surface area contributed by atoms with Gasteiger partial charge in [-0.15, -0.1) is 0 Å². The molecule has 27 heavy (non-hydrogen) atoms. The Morgan fingerprint density at radius 2 is 1.89 bits per heavy atom. The van der Waals surface area contributed by atoms with Gasteiger partial charge in [0.2, 0.25) is 0 Å². The Morgan fingerprint density at radius 3 is 2.52 bits per heavy atom. The number of carboxylic acid groups (broad SMARTS) is 1. The van der Waals surface area contributed by atoms with E-state index in [9.17, 15) is 9.90 Å². The van der Waals surface area contributed by atoms with E-state index in [1.54, 1.807) is 14.2 Å². The number of ether oxygens (including phenoxy) is 3. The summed E-state index contributed by atoms with van der Waals surface area (Å²) in [5.74, 6) is 1.05. The molecule has 3 aromatic rings. The molecule has 3 rings (SSSR count). The maximum Gasteiger partial charge on any atom is 0.307 e. The number of H-pyrrole nitrogens is 1. The van der Waals surface area contributed by atoms with Crippen LogP contribution in [0.1, 0.15) is 18.1 Å². The van der Waals surface area contributed by atoms with Gasteiger partial charge in [0.05, 0.1) is 32.9 Å². The number of aromatic amines is 1. The number of nitrogens with one attached hydrogen (secondary N) is 1. The van der Waals surface area contributed by atoms with E-state index in [1.165, 1.54) is 0 Å². The molecule has 0 aliphatic rings. The summed E-state index contributed by atoms with van der Waals surface area (Å²) in [4.78, 5) is 14.9. The predicted molar refractivity (Wildman–Crippen MR) is 104 cm³/mol. The molecule has 0 saturated heterocycles. The summed E-state index contributed by atoms with van der Waals surface area (Å²) in [6.07, 6.45) is -0.0993. The minimum atomic E-state index is -0.892. The Labute approximate surface area is 157 Å². The van der Waals surface area contributed by atoms with Crippen molar-refractivity contribution in [2.75, 3.05) is 20.8 Å². The van der Waals surface area contributed by atoms with Gasteiger partial charge in [0.1, 0.15) is 5.75 Å². The smallest absolute Gasteiger partial charge is 0.307 e. The molecular formula is C21H23NO5. The van der Waals surface area contributed by atoms with Gasteiger partial charge in [-0.2, -0.15) is 0 Å². The van der Waals surface area contributed by atoms with Crippen molar-refractivity contribution in [3.8, 4) is 28.5 Å². The predicted octanol–water partition coefficient (Wildman–Crippen LogP) is 4.19. The first-order valence-electron chi connectivity index (χ1n) is 8.70. The van der Waals surface area contributed by atoms with Crippen molar-refractivity contribution in [1.82, 2.24) is 4.98 Å². The third-order valence-electron chi connectivity index (χ3n) is 4.50. The standard InChI is InChI=1S/C21H23NO5/c1-5-27-18-9-13(6-7-17(18)26-4)21-16(11-19(23)24)15-10-14(25-3)8-12(2)20(15)22-21/h6-10,22H,5,11H2,1-4H3,(H,23,24). The number of rotatable bonds is 7. The van der Waals surface area contributed by atoms with Crippen molar-refractivity contribution in [2.45, 2.75) is 20.3 Å². The number of carboxylic acids is 1. The van der Waals surface area contributed by atoms with Crippen molar-refractivity contribution < 1.29 is 24.1 Å². The zero-order valence-corrected chi connectivity index (χ0v) is 15.9. The molecule has 0 bridgehead atoms. The van der Waals surface area contributed by atoms with E-state index in [0.29, 0.717) is 29.4 Å². The van der Waals surface area contributed by atoms with Crippen molar-refractivity contribution in [1.29, 1.82) is 0 Å². The number of fused-ring (bicyclic) bond motifs is 1. The third-order valence-corrected chi connectivity index (χ3v) is 4.50. The molecule has 0 aliphatic heterocycles. The summed E-state index contributed by atoms with van der Waals surface area (Å²) in [5, 5.41) is 10.3. The van der Waals surface area contributed by atoms with Gasteiger partial charge in [-0.05, 0) is 55.3 Å². The van der Waals surface area contributed by atoms with E-state index in [0.717, 1.165) is 27.7 Å². The van der Waals surface area contributed by atoms with E-state index in [2.05, 4.69) is 4.98 Å². The fourth-order valence-electron chi connectivity index (χ4n) is 3.29. The topological polar surface area (TPSA) is 80.8 Å². The highest BCUT2D eigenvalue weighted by molar-refractivity contribution is 5.96. The van der Waals surface area contributed by atoms with Gasteiger partial charge in [0.15, 0.2) is 11.5 Å². The van der Waals surface area contributed by atoms with E-state index < -0.39 is 5.97 Å². The monoisotopic (exact) mass is 369 g/mol. The summed E-state index contributed by atoms with van der Waals surface area (Å²) >= 11 is 0. The van der Waals surface area contributed by atoms with E-state index in [-0.39, 0.29) is 6.42 Å². The largest absolute Gasteiger partial charge is 0.497 e. The van der Waals surface area contributed by atoms with Crippen LogP contribution in [0.15, 0.2) is 30.3 Å². The molecule has 6 nitrogen and oxygen atoms in total. The second kappa shape index (κ2) is 7.61. The van der Waals surface area contributed by atoms with Gasteiger partial charge in [0, 0.05) is 16.5 Å². The second-order valence-corrected chi connectivity index (χ2v) is 6.21. The van der Waals surface area contributed by atoms with E-state index in [4.69, 9.17) is 14.2 Å². The molecule has 0 aliphatic carbocycles. The van der Waals surface area contributed by atoms with Gasteiger partial charge < -0.3 is 24.3 Å². The van der Waals surface area contributed by atoms with Crippen LogP contribution in [0.4, 0.5) is 0 Å². The lowest BCUT2D eigenvalue weighted by atomic mass is 10.0. The normalized spacial score (nSPS) is 10.8. The third kappa shape index (κ3) is 3.56. The Kier molecular flexibility index (Phi) is 5.26. The van der Waals surface area contributed by atoms with Crippen molar-refractivity contribution in [3.05, 3.63) is 41.5 Å². The Morgan fingerprint density at radius 1 is 1.11 bits per heavy atom. The number of carbonyl (C=O) groups is 1. The second-order valence-electron chi connectivity index (χ2n) is 6.21. The number of hydrogen-bond donors (Lipinski definition) is 2. The average molecular weight is 369 g/mol. The molecule has 0 amide bonds. The number of aliphatic carboxylic acids is 1. The maximum absolute atomic E-state index is 11.5. The molecule has 2 N–H and O–H groups in total. The van der Waals surface area contributed by atoms with Crippen LogP contribution >= 0.6 is 0 Å². The summed E-state index contributed by atoms with van der Waals surface area (Å²) in [6.45, 7) is 4.38. The van der Waals surface area contributed by atoms with Crippen LogP contribution in [0.25, 0.3) is 22.2 Å². The Hall–Kier alpha value is -3.15. The summed E-state index contributed by atoms with van der Waals surface area (Å²) in [6, 6.07) is 9.37. The van der Waals surface area contributed by atoms with Gasteiger partial charge >= 0.3 is 5.97 Å². The van der Waals surface area contributed by atoms with Crippen LogP contribution in [0.3, 0.4) is 0 Å². The molecule has 0 unspecified atom stereocenters. The quantitative estimate of drug-likeness (QED) is 0.653. The summed E-state index contributed by atoms with van der Waals surface area (Å²) in [5.41, 5.74) is 4.20. The summed E-state index contributed by atoms with van der Waals surface area (Å²) < 4.78 is 16.4. The lowest BCUT2D eigenvalue weighted by molar-refractivity contribution is -0.136. The van der Waals surface area contributed by atoms with Gasteiger partial charge in [-0.1, -0.05) is 0 Å². The maximum atomic E-state index is 11.5. The first kappa shape index (κ1) is 18.6. The van der Waals surface area contributed by atoms with Crippen LogP contribution in [0.5, 0.6) is 17.2 Å². The first-order chi connectivity index (χ1) is 13.0. The zero-order chi connectivity index (χ0) is 19.6. The highest BCUT2D eigenvalue weighted by Gasteiger charge is 2.19. The van der Waals surface area contributed by atoms with E-state index >= 15 is 0 Å². The number of aromatic nitrogens is 1. The van der Waals surface area contributed by atoms with Crippen LogP contribution in [0.2, 0.25) is 0 Å². The zero-order valence-electron chi connectivity index (χ0n) is 15.9. The molecule has 0 fully saturated rings. The fraction of sp³-hybridized carbons (Fsp3) is 0.286. The van der Waals surface area contributed by atoms with Crippen LogP contribution in [0, 0.1) is 6.92 Å². The number of methoxy groups -OCH3 is 2. The molecule has 6 heteroatoms. The summed E-state index contributed by atoms with van der Waals surface area (Å²) in [7, 11) is 3.19. The van der Waals surface area contributed by atoms with Crippen molar-refractivity contribution in [3.63, 3.8) is 0 Å². The highest BCUT2D eigenvalue weighted by atomic mass is 16.5. The van der Waals surface area contributed by atoms with Crippen LogP contribution in [-0.4, -0.2) is 36.9 Å². The number of benzene rings is 2. The molecule has 0 spiro atoms. The molecule has 2 aromatic carbocycles. The number of hydrogen-bond acceptors (Lipinski definition) is 4. The molecule has 1 aromatic heterocycles. The SMILES string of the molecule is CCOc1cc(-c2[nH]c3c(C)cc(OC)cc3c2CC(=O)O)ccc1OC. The van der Waals surface area contributed by atoms with Gasteiger partial charge in [-0.3, -0.25) is 4.79 Å². The van der Waals surface area contributed by atoms with E-state index in [1.807, 2.05) is 44.2 Å².